The lowest BCUT2D eigenvalue weighted by Crippen LogP contribution is -2.08. The quantitative estimate of drug-likeness (QED) is 0.654. The van der Waals surface area contributed by atoms with Gasteiger partial charge in [-0.2, -0.15) is 0 Å². The molecule has 2 N–H and O–H groups in total. The Hall–Kier alpha value is -2.35. The Morgan fingerprint density at radius 3 is 2.47 bits per heavy atom. The van der Waals surface area contributed by atoms with E-state index in [1.807, 2.05) is 54.6 Å². The zero-order valence-electron chi connectivity index (χ0n) is 11.1. The van der Waals surface area contributed by atoms with E-state index in [0.29, 0.717) is 12.4 Å². The molecule has 2 heteroatoms. The molecular formula is C17H18N2. The van der Waals surface area contributed by atoms with E-state index in [-0.39, 0.29) is 0 Å². The van der Waals surface area contributed by atoms with Crippen LogP contribution in [0.4, 0.5) is 0 Å². The van der Waals surface area contributed by atoms with Gasteiger partial charge in [-0.25, -0.2) is 0 Å². The van der Waals surface area contributed by atoms with Crippen LogP contribution < -0.4 is 5.73 Å². The molecule has 0 amide bonds. The smallest absolute Gasteiger partial charge is 0.118 e. The number of aryl methyl sites for hydroxylation is 1. The highest BCUT2D eigenvalue weighted by Crippen LogP contribution is 2.08. The number of aliphatic imine (C=N–C) groups is 1. The van der Waals surface area contributed by atoms with Crippen LogP contribution in [-0.4, -0.2) is 5.84 Å². The molecule has 0 fully saturated rings. The maximum atomic E-state index is 5.88. The monoisotopic (exact) mass is 250 g/mol. The Labute approximate surface area is 114 Å². The first-order chi connectivity index (χ1) is 9.25. The molecule has 0 spiro atoms. The molecule has 0 aromatic heterocycles. The van der Waals surface area contributed by atoms with Crippen LogP contribution in [0.2, 0.25) is 0 Å². The van der Waals surface area contributed by atoms with E-state index in [0.717, 1.165) is 5.56 Å². The molecule has 19 heavy (non-hydrogen) atoms. The van der Waals surface area contributed by atoms with Crippen molar-refractivity contribution in [3.05, 3.63) is 77.4 Å². The van der Waals surface area contributed by atoms with Crippen molar-refractivity contribution >= 4 is 11.9 Å². The van der Waals surface area contributed by atoms with Gasteiger partial charge in [0.15, 0.2) is 0 Å². The average Bonchev–Trinajstić information content (AvgIpc) is 2.45. The van der Waals surface area contributed by atoms with Crippen LogP contribution in [0.1, 0.15) is 16.7 Å². The lowest BCUT2D eigenvalue weighted by Gasteiger charge is -2.01. The van der Waals surface area contributed by atoms with Gasteiger partial charge < -0.3 is 5.73 Å². The van der Waals surface area contributed by atoms with Gasteiger partial charge in [0, 0.05) is 0 Å². The molecular weight excluding hydrogens is 232 g/mol. The van der Waals surface area contributed by atoms with Crippen LogP contribution >= 0.6 is 0 Å². The Kier molecular flexibility index (Phi) is 4.51. The molecule has 0 saturated heterocycles. The molecule has 2 aromatic rings. The molecule has 0 aliphatic carbocycles. The summed E-state index contributed by atoms with van der Waals surface area (Å²) >= 11 is 0. The van der Waals surface area contributed by atoms with E-state index in [1.54, 1.807) is 0 Å². The Morgan fingerprint density at radius 1 is 1.05 bits per heavy atom. The summed E-state index contributed by atoms with van der Waals surface area (Å²) in [5.41, 5.74) is 9.45. The van der Waals surface area contributed by atoms with Gasteiger partial charge >= 0.3 is 0 Å². The second kappa shape index (κ2) is 6.55. The van der Waals surface area contributed by atoms with Gasteiger partial charge in [-0.05, 0) is 29.7 Å². The molecule has 2 aromatic carbocycles. The lowest BCUT2D eigenvalue weighted by molar-refractivity contribution is 1.04. The second-order valence-corrected chi connectivity index (χ2v) is 4.41. The van der Waals surface area contributed by atoms with Crippen LogP contribution in [0.3, 0.4) is 0 Å². The predicted molar refractivity (Wildman–Crippen MR) is 82.0 cm³/mol. The molecule has 0 radical (unpaired) electrons. The van der Waals surface area contributed by atoms with Crippen LogP contribution in [0, 0.1) is 6.92 Å². The van der Waals surface area contributed by atoms with Crippen molar-refractivity contribution in [2.24, 2.45) is 10.7 Å². The first-order valence-corrected chi connectivity index (χ1v) is 6.33. The fourth-order valence-electron chi connectivity index (χ4n) is 1.76. The minimum Gasteiger partial charge on any atom is -0.384 e. The first kappa shape index (κ1) is 13.1. The van der Waals surface area contributed by atoms with Crippen LogP contribution in [0.15, 0.2) is 65.7 Å². The van der Waals surface area contributed by atoms with Crippen molar-refractivity contribution in [2.45, 2.75) is 13.5 Å². The summed E-state index contributed by atoms with van der Waals surface area (Å²) in [6.07, 6.45) is 3.81. The molecule has 0 saturated carbocycles. The molecule has 96 valence electrons. The standard InChI is InChI=1S/C17H18N2/c1-14-7-5-6-10-16(14)13-19-17(18)12-11-15-8-3-2-4-9-15/h2-12H,13H2,1H3,(H2,18,19)/b12-11+. The van der Waals surface area contributed by atoms with E-state index in [9.17, 15) is 0 Å². The van der Waals surface area contributed by atoms with Crippen molar-refractivity contribution in [3.63, 3.8) is 0 Å². The third-order valence-corrected chi connectivity index (χ3v) is 2.94. The molecule has 2 nitrogen and oxygen atoms in total. The Balaban J connectivity index is 2.00. The summed E-state index contributed by atoms with van der Waals surface area (Å²) in [5.74, 6) is 0.548. The molecule has 0 aliphatic rings. The third-order valence-electron chi connectivity index (χ3n) is 2.94. The summed E-state index contributed by atoms with van der Waals surface area (Å²) in [7, 11) is 0. The Bertz CT molecular complexity index is 583. The lowest BCUT2D eigenvalue weighted by atomic mass is 10.1. The predicted octanol–water partition coefficient (Wildman–Crippen LogP) is 3.57. The molecule has 0 heterocycles. The SMILES string of the molecule is Cc1ccccc1CN=C(N)/C=C/c1ccccc1. The number of hydrogen-bond donors (Lipinski definition) is 1. The second-order valence-electron chi connectivity index (χ2n) is 4.41. The van der Waals surface area contributed by atoms with Gasteiger partial charge in [-0.15, -0.1) is 0 Å². The van der Waals surface area contributed by atoms with E-state index in [1.165, 1.54) is 11.1 Å². The fraction of sp³-hybridized carbons (Fsp3) is 0.118. The number of rotatable bonds is 4. The highest BCUT2D eigenvalue weighted by atomic mass is 14.8. The van der Waals surface area contributed by atoms with Crippen molar-refractivity contribution in [2.75, 3.05) is 0 Å². The topological polar surface area (TPSA) is 38.4 Å². The highest BCUT2D eigenvalue weighted by molar-refractivity contribution is 5.95. The van der Waals surface area contributed by atoms with E-state index < -0.39 is 0 Å². The molecule has 0 unspecified atom stereocenters. The van der Waals surface area contributed by atoms with Crippen LogP contribution in [-0.2, 0) is 6.54 Å². The van der Waals surface area contributed by atoms with Crippen molar-refractivity contribution in [1.29, 1.82) is 0 Å². The molecule has 2 rings (SSSR count). The Morgan fingerprint density at radius 2 is 1.74 bits per heavy atom. The molecule has 0 aliphatic heterocycles. The van der Waals surface area contributed by atoms with Crippen molar-refractivity contribution < 1.29 is 0 Å². The molecule has 0 bridgehead atoms. The van der Waals surface area contributed by atoms with Gasteiger partial charge in [0.1, 0.15) is 5.84 Å². The zero-order valence-corrected chi connectivity index (χ0v) is 11.1. The van der Waals surface area contributed by atoms with Crippen LogP contribution in [0.5, 0.6) is 0 Å². The van der Waals surface area contributed by atoms with E-state index in [2.05, 4.69) is 24.0 Å². The van der Waals surface area contributed by atoms with Gasteiger partial charge in [0.2, 0.25) is 0 Å². The summed E-state index contributed by atoms with van der Waals surface area (Å²) < 4.78 is 0. The fourth-order valence-corrected chi connectivity index (χ4v) is 1.76. The van der Waals surface area contributed by atoms with Gasteiger partial charge in [0.05, 0.1) is 6.54 Å². The van der Waals surface area contributed by atoms with E-state index >= 15 is 0 Å². The summed E-state index contributed by atoms with van der Waals surface area (Å²) in [6.45, 7) is 2.71. The number of hydrogen-bond acceptors (Lipinski definition) is 1. The normalized spacial score (nSPS) is 11.9. The van der Waals surface area contributed by atoms with Gasteiger partial charge in [-0.3, -0.25) is 4.99 Å². The maximum absolute atomic E-state index is 5.88. The van der Waals surface area contributed by atoms with Gasteiger partial charge in [0.25, 0.3) is 0 Å². The largest absolute Gasteiger partial charge is 0.384 e. The minimum atomic E-state index is 0.548. The zero-order chi connectivity index (χ0) is 13.5. The summed E-state index contributed by atoms with van der Waals surface area (Å²) in [5, 5.41) is 0. The molecule has 0 atom stereocenters. The maximum Gasteiger partial charge on any atom is 0.118 e. The highest BCUT2D eigenvalue weighted by Gasteiger charge is 1.95. The average molecular weight is 250 g/mol. The first-order valence-electron chi connectivity index (χ1n) is 6.33. The number of amidine groups is 1. The number of nitrogens with two attached hydrogens (primary N) is 1. The number of nitrogens with zero attached hydrogens (tertiary/aromatic N) is 1. The van der Waals surface area contributed by atoms with Gasteiger partial charge in [-0.1, -0.05) is 60.7 Å². The van der Waals surface area contributed by atoms with Crippen molar-refractivity contribution in [1.82, 2.24) is 0 Å². The van der Waals surface area contributed by atoms with E-state index in [4.69, 9.17) is 5.73 Å². The number of benzene rings is 2. The summed E-state index contributed by atoms with van der Waals surface area (Å²) in [4.78, 5) is 4.38. The third kappa shape index (κ3) is 4.11. The minimum absolute atomic E-state index is 0.548. The van der Waals surface area contributed by atoms with Crippen LogP contribution in [0.25, 0.3) is 6.08 Å². The van der Waals surface area contributed by atoms with Crippen molar-refractivity contribution in [3.8, 4) is 0 Å². The summed E-state index contributed by atoms with van der Waals surface area (Å²) in [6, 6.07) is 18.3.